The molecule has 4 nitrogen and oxygen atoms in total. The molecule has 1 aromatic heterocycles. The molecule has 0 atom stereocenters. The van der Waals surface area contributed by atoms with Crippen molar-refractivity contribution in [2.45, 2.75) is 13.8 Å². The molecule has 0 fully saturated rings. The van der Waals surface area contributed by atoms with Crippen molar-refractivity contribution in [1.82, 2.24) is 4.98 Å². The third-order valence-corrected chi connectivity index (χ3v) is 3.98. The van der Waals surface area contributed by atoms with Gasteiger partial charge in [0.15, 0.2) is 0 Å². The molecule has 0 saturated carbocycles. The Hall–Kier alpha value is -3.32. The first kappa shape index (κ1) is 16.5. The van der Waals surface area contributed by atoms with Crippen LogP contribution in [0.1, 0.15) is 18.1 Å². The van der Waals surface area contributed by atoms with Gasteiger partial charge in [-0.05, 0) is 37.6 Å². The highest BCUT2D eigenvalue weighted by molar-refractivity contribution is 5.80. The van der Waals surface area contributed by atoms with Gasteiger partial charge in [-0.25, -0.2) is 4.98 Å². The van der Waals surface area contributed by atoms with Crippen LogP contribution in [0.4, 0.5) is 5.82 Å². The summed E-state index contributed by atoms with van der Waals surface area (Å²) in [6, 6.07) is 19.8. The molecule has 0 radical (unpaired) electrons. The summed E-state index contributed by atoms with van der Waals surface area (Å²) in [6.45, 7) is 4.59. The Kier molecular flexibility index (Phi) is 4.67. The first-order valence-corrected chi connectivity index (χ1v) is 8.13. The number of aryl methyl sites for hydroxylation is 1. The molecule has 3 aromatic rings. The van der Waals surface area contributed by atoms with E-state index in [0.717, 1.165) is 28.1 Å². The molecule has 0 aliphatic rings. The van der Waals surface area contributed by atoms with Crippen molar-refractivity contribution in [3.8, 4) is 34.2 Å². The van der Waals surface area contributed by atoms with E-state index >= 15 is 0 Å². The number of nitrogens with two attached hydrogens (primary N) is 1. The van der Waals surface area contributed by atoms with E-state index < -0.39 is 0 Å². The molecule has 4 heteroatoms. The van der Waals surface area contributed by atoms with Gasteiger partial charge in [-0.1, -0.05) is 42.0 Å². The van der Waals surface area contributed by atoms with Crippen LogP contribution >= 0.6 is 0 Å². The van der Waals surface area contributed by atoms with Crippen LogP contribution in [0.25, 0.3) is 22.4 Å². The molecule has 124 valence electrons. The van der Waals surface area contributed by atoms with Crippen LogP contribution in [0.15, 0.2) is 54.6 Å². The fourth-order valence-corrected chi connectivity index (χ4v) is 2.68. The van der Waals surface area contributed by atoms with Crippen LogP contribution in [0, 0.1) is 18.3 Å². The van der Waals surface area contributed by atoms with Gasteiger partial charge >= 0.3 is 0 Å². The van der Waals surface area contributed by atoms with Crippen molar-refractivity contribution in [3.05, 3.63) is 65.7 Å². The number of nitrogens with zero attached hydrogens (tertiary/aromatic N) is 2. The van der Waals surface area contributed by atoms with Crippen molar-refractivity contribution in [1.29, 1.82) is 5.26 Å². The first-order valence-electron chi connectivity index (χ1n) is 8.13. The highest BCUT2D eigenvalue weighted by Crippen LogP contribution is 2.32. The summed E-state index contributed by atoms with van der Waals surface area (Å²) < 4.78 is 5.48. The second-order valence-electron chi connectivity index (χ2n) is 5.75. The van der Waals surface area contributed by atoms with Gasteiger partial charge in [0.1, 0.15) is 23.2 Å². The fraction of sp³-hybridized carbons (Fsp3) is 0.143. The number of rotatable bonds is 4. The number of hydrogen-bond donors (Lipinski definition) is 1. The van der Waals surface area contributed by atoms with E-state index in [0.29, 0.717) is 12.2 Å². The van der Waals surface area contributed by atoms with Crippen molar-refractivity contribution >= 4 is 5.82 Å². The molecular weight excluding hydrogens is 310 g/mol. The Morgan fingerprint density at radius 3 is 2.28 bits per heavy atom. The summed E-state index contributed by atoms with van der Waals surface area (Å²) in [7, 11) is 0. The average Bonchev–Trinajstić information content (AvgIpc) is 2.62. The summed E-state index contributed by atoms with van der Waals surface area (Å²) in [5, 5.41) is 9.50. The molecule has 0 unspecified atom stereocenters. The van der Waals surface area contributed by atoms with Crippen LogP contribution in [-0.2, 0) is 0 Å². The van der Waals surface area contributed by atoms with Gasteiger partial charge in [0.25, 0.3) is 0 Å². The molecule has 0 aliphatic heterocycles. The van der Waals surface area contributed by atoms with Gasteiger partial charge < -0.3 is 10.5 Å². The predicted molar refractivity (Wildman–Crippen MR) is 100 cm³/mol. The average molecular weight is 329 g/mol. The Labute approximate surface area is 147 Å². The van der Waals surface area contributed by atoms with Gasteiger partial charge in [-0.15, -0.1) is 0 Å². The summed E-state index contributed by atoms with van der Waals surface area (Å²) >= 11 is 0. The van der Waals surface area contributed by atoms with Crippen LogP contribution in [0.3, 0.4) is 0 Å². The maximum atomic E-state index is 9.50. The highest BCUT2D eigenvalue weighted by Gasteiger charge is 2.13. The lowest BCUT2D eigenvalue weighted by atomic mass is 9.98. The van der Waals surface area contributed by atoms with E-state index in [1.165, 1.54) is 5.56 Å². The summed E-state index contributed by atoms with van der Waals surface area (Å²) in [5.41, 5.74) is 11.0. The number of nitrogen functional groups attached to an aromatic ring is 1. The Morgan fingerprint density at radius 1 is 1.04 bits per heavy atom. The van der Waals surface area contributed by atoms with Gasteiger partial charge in [0.05, 0.1) is 12.3 Å². The number of hydrogen-bond acceptors (Lipinski definition) is 4. The summed E-state index contributed by atoms with van der Waals surface area (Å²) in [5.74, 6) is 1.04. The van der Waals surface area contributed by atoms with Gasteiger partial charge in [0, 0.05) is 11.1 Å². The molecule has 0 saturated heterocycles. The standard InChI is InChI=1S/C21H19N3O/c1-3-25-17-10-8-15(9-11-17)18-12-20(24-21(23)19(18)13-22)16-6-4-14(2)5-7-16/h4-12H,3H2,1-2H3,(H2,23,24). The zero-order chi connectivity index (χ0) is 17.8. The monoisotopic (exact) mass is 329 g/mol. The lowest BCUT2D eigenvalue weighted by Gasteiger charge is -2.11. The minimum atomic E-state index is 0.240. The van der Waals surface area contributed by atoms with Gasteiger partial charge in [-0.3, -0.25) is 0 Å². The Bertz CT molecular complexity index is 923. The van der Waals surface area contributed by atoms with Gasteiger partial charge in [0.2, 0.25) is 0 Å². The number of anilines is 1. The van der Waals surface area contributed by atoms with Crippen molar-refractivity contribution in [3.63, 3.8) is 0 Å². The number of benzene rings is 2. The largest absolute Gasteiger partial charge is 0.494 e. The molecule has 2 aromatic carbocycles. The smallest absolute Gasteiger partial charge is 0.142 e. The minimum absolute atomic E-state index is 0.240. The van der Waals surface area contributed by atoms with Crippen LogP contribution < -0.4 is 10.5 Å². The van der Waals surface area contributed by atoms with E-state index in [9.17, 15) is 5.26 Å². The van der Waals surface area contributed by atoms with E-state index in [2.05, 4.69) is 11.1 Å². The third kappa shape index (κ3) is 3.46. The van der Waals surface area contributed by atoms with Crippen molar-refractivity contribution < 1.29 is 4.74 Å². The van der Waals surface area contributed by atoms with Crippen LogP contribution in [0.5, 0.6) is 5.75 Å². The molecule has 1 heterocycles. The van der Waals surface area contributed by atoms with Crippen molar-refractivity contribution in [2.24, 2.45) is 0 Å². The second-order valence-corrected chi connectivity index (χ2v) is 5.75. The number of ether oxygens (including phenoxy) is 1. The Morgan fingerprint density at radius 2 is 1.68 bits per heavy atom. The predicted octanol–water partition coefficient (Wildman–Crippen LogP) is 4.58. The third-order valence-electron chi connectivity index (χ3n) is 3.98. The lowest BCUT2D eigenvalue weighted by molar-refractivity contribution is 0.340. The number of pyridine rings is 1. The van der Waals surface area contributed by atoms with Crippen molar-refractivity contribution in [2.75, 3.05) is 12.3 Å². The normalized spacial score (nSPS) is 10.3. The molecule has 0 amide bonds. The van der Waals surface area contributed by atoms with E-state index in [-0.39, 0.29) is 5.82 Å². The van der Waals surface area contributed by atoms with E-state index in [1.807, 2.05) is 68.4 Å². The second kappa shape index (κ2) is 7.06. The zero-order valence-electron chi connectivity index (χ0n) is 14.3. The summed E-state index contributed by atoms with van der Waals surface area (Å²) in [6.07, 6.45) is 0. The number of aromatic nitrogens is 1. The quantitative estimate of drug-likeness (QED) is 0.760. The molecule has 3 rings (SSSR count). The molecule has 0 bridgehead atoms. The number of nitriles is 1. The topological polar surface area (TPSA) is 71.9 Å². The molecule has 0 aliphatic carbocycles. The summed E-state index contributed by atoms with van der Waals surface area (Å²) in [4.78, 5) is 4.41. The fourth-order valence-electron chi connectivity index (χ4n) is 2.68. The minimum Gasteiger partial charge on any atom is -0.494 e. The maximum absolute atomic E-state index is 9.50. The SMILES string of the molecule is CCOc1ccc(-c2cc(-c3ccc(C)cc3)nc(N)c2C#N)cc1. The molecule has 0 spiro atoms. The van der Waals surface area contributed by atoms with Crippen LogP contribution in [0.2, 0.25) is 0 Å². The van der Waals surface area contributed by atoms with E-state index in [4.69, 9.17) is 10.5 Å². The first-order chi connectivity index (χ1) is 12.1. The lowest BCUT2D eigenvalue weighted by Crippen LogP contribution is -2.00. The molecule has 25 heavy (non-hydrogen) atoms. The van der Waals surface area contributed by atoms with E-state index in [1.54, 1.807) is 0 Å². The molecule has 2 N–H and O–H groups in total. The van der Waals surface area contributed by atoms with Gasteiger partial charge in [-0.2, -0.15) is 5.26 Å². The zero-order valence-corrected chi connectivity index (χ0v) is 14.3. The highest BCUT2D eigenvalue weighted by atomic mass is 16.5. The molecular formula is C21H19N3O. The van der Waals surface area contributed by atoms with Crippen LogP contribution in [-0.4, -0.2) is 11.6 Å². The maximum Gasteiger partial charge on any atom is 0.142 e. The Balaban J connectivity index is 2.11.